The summed E-state index contributed by atoms with van der Waals surface area (Å²) in [4.78, 5) is 11.1. The molecular formula is C26H29FN6O2S2. The summed E-state index contributed by atoms with van der Waals surface area (Å²) in [5.74, 6) is 0.0600. The van der Waals surface area contributed by atoms with Gasteiger partial charge in [-0.15, -0.1) is 11.3 Å². The van der Waals surface area contributed by atoms with E-state index < -0.39 is 14.8 Å². The van der Waals surface area contributed by atoms with Gasteiger partial charge in [0.05, 0.1) is 26.8 Å². The number of aromatic nitrogens is 2. The Bertz CT molecular complexity index is 1540. The van der Waals surface area contributed by atoms with E-state index in [2.05, 4.69) is 20.3 Å². The highest BCUT2D eigenvalue weighted by Gasteiger charge is 2.29. The number of rotatable bonds is 6. The lowest BCUT2D eigenvalue weighted by Crippen LogP contribution is -2.43. The highest BCUT2D eigenvalue weighted by atomic mass is 32.2. The Balaban J connectivity index is 1.40. The molecule has 0 saturated carbocycles. The van der Waals surface area contributed by atoms with E-state index in [1.807, 2.05) is 28.5 Å². The van der Waals surface area contributed by atoms with Gasteiger partial charge >= 0.3 is 0 Å². The molecule has 2 aromatic heterocycles. The first kappa shape index (κ1) is 25.4. The molecule has 11 heteroatoms. The van der Waals surface area contributed by atoms with Gasteiger partial charge in [-0.2, -0.15) is 0 Å². The number of piperazine rings is 1. The number of benzene rings is 2. The summed E-state index contributed by atoms with van der Waals surface area (Å²) < 4.78 is 42.7. The fourth-order valence-electron chi connectivity index (χ4n) is 4.03. The van der Waals surface area contributed by atoms with Gasteiger partial charge in [-0.05, 0) is 56.7 Å². The fourth-order valence-corrected chi connectivity index (χ4v) is 5.64. The van der Waals surface area contributed by atoms with Crippen molar-refractivity contribution in [2.24, 2.45) is 0 Å². The van der Waals surface area contributed by atoms with Crippen LogP contribution in [-0.2, 0) is 10.0 Å². The van der Waals surface area contributed by atoms with Gasteiger partial charge in [-0.25, -0.2) is 22.8 Å². The van der Waals surface area contributed by atoms with E-state index in [0.717, 1.165) is 47.5 Å². The Hall–Kier alpha value is -3.28. The smallest absolute Gasteiger partial charge is 0.237 e. The zero-order valence-corrected chi connectivity index (χ0v) is 22.5. The van der Waals surface area contributed by atoms with E-state index in [0.29, 0.717) is 23.0 Å². The van der Waals surface area contributed by atoms with Gasteiger partial charge in [0.2, 0.25) is 16.0 Å². The standard InChI is InChI=1S/C26H29FN6O2S2/c1-26(2,3)37(34,35)32-19-6-4-5-17(13-19)20-16-36-23-15-29-25(31-24(20)23)30-18-7-8-22(21(27)14-18)33-11-9-28-10-12-33/h4-8,13-16,28,32H,9-12H2,1-3H3,(H,29,30,31). The molecule has 0 aliphatic carbocycles. The average Bonchev–Trinajstić information content (AvgIpc) is 3.27. The van der Waals surface area contributed by atoms with Gasteiger partial charge in [-0.3, -0.25) is 4.72 Å². The van der Waals surface area contributed by atoms with Gasteiger partial charge < -0.3 is 15.5 Å². The third-order valence-electron chi connectivity index (χ3n) is 6.21. The third-order valence-corrected chi connectivity index (χ3v) is 9.23. The van der Waals surface area contributed by atoms with Crippen LogP contribution in [0.25, 0.3) is 21.3 Å². The van der Waals surface area contributed by atoms with Crippen LogP contribution in [-0.4, -0.2) is 49.3 Å². The van der Waals surface area contributed by atoms with E-state index in [1.165, 1.54) is 17.4 Å². The number of anilines is 4. The molecule has 194 valence electrons. The second-order valence-corrected chi connectivity index (χ2v) is 13.2. The highest BCUT2D eigenvalue weighted by molar-refractivity contribution is 7.94. The van der Waals surface area contributed by atoms with Gasteiger partial charge in [0.25, 0.3) is 0 Å². The lowest BCUT2D eigenvalue weighted by molar-refractivity contribution is 0.566. The average molecular weight is 541 g/mol. The maximum absolute atomic E-state index is 14.9. The number of nitrogens with zero attached hydrogens (tertiary/aromatic N) is 3. The summed E-state index contributed by atoms with van der Waals surface area (Å²) >= 11 is 1.51. The predicted octanol–water partition coefficient (Wildman–Crippen LogP) is 5.19. The zero-order chi connectivity index (χ0) is 26.2. The van der Waals surface area contributed by atoms with Crippen molar-refractivity contribution in [1.29, 1.82) is 0 Å². The number of hydrogen-bond acceptors (Lipinski definition) is 8. The van der Waals surface area contributed by atoms with Crippen LogP contribution in [0.5, 0.6) is 0 Å². The number of halogens is 1. The monoisotopic (exact) mass is 540 g/mol. The molecule has 0 radical (unpaired) electrons. The van der Waals surface area contributed by atoms with Crippen LogP contribution in [0.3, 0.4) is 0 Å². The lowest BCUT2D eigenvalue weighted by Gasteiger charge is -2.29. The van der Waals surface area contributed by atoms with Crippen LogP contribution in [0.2, 0.25) is 0 Å². The van der Waals surface area contributed by atoms with Crippen LogP contribution >= 0.6 is 11.3 Å². The molecule has 1 aliphatic heterocycles. The molecule has 2 aromatic carbocycles. The summed E-state index contributed by atoms with van der Waals surface area (Å²) in [6, 6.07) is 12.3. The van der Waals surface area contributed by atoms with E-state index in [9.17, 15) is 12.8 Å². The summed E-state index contributed by atoms with van der Waals surface area (Å²) in [7, 11) is -3.55. The highest BCUT2D eigenvalue weighted by Crippen LogP contribution is 2.35. The lowest BCUT2D eigenvalue weighted by atomic mass is 10.1. The minimum absolute atomic E-state index is 0.293. The Labute approximate surface area is 220 Å². The van der Waals surface area contributed by atoms with Gasteiger partial charge in [-0.1, -0.05) is 12.1 Å². The molecule has 8 nitrogen and oxygen atoms in total. The molecule has 1 saturated heterocycles. The Kier molecular flexibility index (Phi) is 6.78. The van der Waals surface area contributed by atoms with Crippen LogP contribution in [0.1, 0.15) is 20.8 Å². The van der Waals surface area contributed by atoms with E-state index in [-0.39, 0.29) is 5.82 Å². The molecule has 0 bridgehead atoms. The molecule has 5 rings (SSSR count). The third kappa shape index (κ3) is 5.39. The minimum atomic E-state index is -3.55. The fraction of sp³-hybridized carbons (Fsp3) is 0.308. The number of nitrogens with one attached hydrogen (secondary N) is 3. The van der Waals surface area contributed by atoms with Crippen molar-refractivity contribution < 1.29 is 12.8 Å². The Morgan fingerprint density at radius 2 is 1.86 bits per heavy atom. The molecule has 3 N–H and O–H groups in total. The maximum atomic E-state index is 14.9. The van der Waals surface area contributed by atoms with Crippen molar-refractivity contribution >= 4 is 54.6 Å². The molecule has 4 aromatic rings. The van der Waals surface area contributed by atoms with E-state index in [1.54, 1.807) is 45.2 Å². The zero-order valence-electron chi connectivity index (χ0n) is 20.9. The first-order valence-electron chi connectivity index (χ1n) is 12.0. The Morgan fingerprint density at radius 1 is 1.08 bits per heavy atom. The molecule has 0 atom stereocenters. The predicted molar refractivity (Wildman–Crippen MR) is 150 cm³/mol. The van der Waals surface area contributed by atoms with E-state index >= 15 is 0 Å². The molecular weight excluding hydrogens is 511 g/mol. The van der Waals surface area contributed by atoms with Crippen LogP contribution in [0, 0.1) is 5.82 Å². The van der Waals surface area contributed by atoms with Crippen molar-refractivity contribution in [1.82, 2.24) is 15.3 Å². The Morgan fingerprint density at radius 3 is 2.59 bits per heavy atom. The topological polar surface area (TPSA) is 99.2 Å². The van der Waals surface area contributed by atoms with Crippen LogP contribution in [0.4, 0.5) is 27.4 Å². The van der Waals surface area contributed by atoms with Gasteiger partial charge in [0, 0.05) is 48.5 Å². The normalized spacial score (nSPS) is 14.6. The molecule has 37 heavy (non-hydrogen) atoms. The van der Waals surface area contributed by atoms with Gasteiger partial charge in [0.15, 0.2) is 0 Å². The van der Waals surface area contributed by atoms with E-state index in [4.69, 9.17) is 4.98 Å². The summed E-state index contributed by atoms with van der Waals surface area (Å²) in [6.07, 6.45) is 1.73. The van der Waals surface area contributed by atoms with Gasteiger partial charge in [0.1, 0.15) is 5.82 Å². The quantitative estimate of drug-likeness (QED) is 0.310. The van der Waals surface area contributed by atoms with Crippen molar-refractivity contribution in [2.45, 2.75) is 25.5 Å². The summed E-state index contributed by atoms with van der Waals surface area (Å²) in [5, 5.41) is 8.36. The largest absolute Gasteiger partial charge is 0.367 e. The van der Waals surface area contributed by atoms with Crippen molar-refractivity contribution in [3.63, 3.8) is 0 Å². The van der Waals surface area contributed by atoms with Crippen molar-refractivity contribution in [3.8, 4) is 11.1 Å². The van der Waals surface area contributed by atoms with Crippen molar-refractivity contribution in [2.75, 3.05) is 41.1 Å². The second-order valence-electron chi connectivity index (χ2n) is 9.88. The second kappa shape index (κ2) is 9.88. The first-order chi connectivity index (χ1) is 17.6. The first-order valence-corrected chi connectivity index (χ1v) is 14.4. The molecule has 1 fully saturated rings. The molecule has 0 unspecified atom stereocenters. The van der Waals surface area contributed by atoms with Crippen molar-refractivity contribution in [3.05, 3.63) is 59.9 Å². The van der Waals surface area contributed by atoms with Crippen LogP contribution < -0.4 is 20.3 Å². The number of hydrogen-bond donors (Lipinski definition) is 3. The summed E-state index contributed by atoms with van der Waals surface area (Å²) in [5.41, 5.74) is 4.06. The number of thiophene rings is 1. The maximum Gasteiger partial charge on any atom is 0.237 e. The molecule has 3 heterocycles. The SMILES string of the molecule is CC(C)(C)S(=O)(=O)Nc1cccc(-c2csc3cnc(Nc4ccc(N5CCNCC5)c(F)c4)nc23)c1. The summed E-state index contributed by atoms with van der Waals surface area (Å²) in [6.45, 7) is 8.17. The van der Waals surface area contributed by atoms with Crippen LogP contribution in [0.15, 0.2) is 54.0 Å². The molecule has 0 amide bonds. The number of sulfonamides is 1. The number of fused-ring (bicyclic) bond motifs is 1. The molecule has 1 aliphatic rings. The minimum Gasteiger partial charge on any atom is -0.367 e. The molecule has 0 spiro atoms.